The Morgan fingerprint density at radius 2 is 2.12 bits per heavy atom. The molecule has 2 aromatic carbocycles. The van der Waals surface area contributed by atoms with Crippen molar-refractivity contribution in [3.8, 4) is 5.75 Å². The van der Waals surface area contributed by atoms with E-state index >= 15 is 0 Å². The second kappa shape index (κ2) is 6.59. The minimum atomic E-state index is -0.400. The highest BCUT2D eigenvalue weighted by molar-refractivity contribution is 9.10. The average Bonchev–Trinajstić information content (AvgIpc) is 3.11. The van der Waals surface area contributed by atoms with Crippen LogP contribution in [0.2, 0.25) is 5.02 Å². The molecule has 1 heterocycles. The summed E-state index contributed by atoms with van der Waals surface area (Å²) in [4.78, 5) is 10.8. The maximum absolute atomic E-state index is 11.2. The Morgan fingerprint density at radius 1 is 1.31 bits per heavy atom. The molecular formula is C19H16BrClN2O3. The summed E-state index contributed by atoms with van der Waals surface area (Å²) in [6.45, 7) is 0. The molecule has 0 bridgehead atoms. The van der Waals surface area contributed by atoms with E-state index in [0.29, 0.717) is 5.02 Å². The molecule has 2 aliphatic rings. The first kappa shape index (κ1) is 17.4. The second-order valence-electron chi connectivity index (χ2n) is 6.51. The Labute approximate surface area is 164 Å². The molecule has 1 aliphatic carbocycles. The van der Waals surface area contributed by atoms with Gasteiger partial charge in [0.1, 0.15) is 5.75 Å². The number of nitrogens with zero attached hydrogens (tertiary/aromatic N) is 1. The average molecular weight is 436 g/mol. The number of hydrogen-bond acceptors (Lipinski definition) is 4. The molecular weight excluding hydrogens is 420 g/mol. The van der Waals surface area contributed by atoms with E-state index in [4.69, 9.17) is 16.3 Å². The summed E-state index contributed by atoms with van der Waals surface area (Å²) in [6, 6.07) is 8.97. The lowest BCUT2D eigenvalue weighted by Crippen LogP contribution is -2.29. The lowest BCUT2D eigenvalue weighted by Gasteiger charge is -2.38. The third-order valence-electron chi connectivity index (χ3n) is 5.14. The standard InChI is InChI=1S/C19H16BrClN2O3/c1-26-17-6-5-10(20)7-15(17)18-13-4-2-3-12(13)14-8-11(23(24)25)9-16(21)19(14)22-18/h2-3,5-9,12-13,18,22H,4H2,1H3/t12-,13+,18-/m1/s1. The highest BCUT2D eigenvalue weighted by atomic mass is 79.9. The molecule has 3 atom stereocenters. The van der Waals surface area contributed by atoms with Gasteiger partial charge >= 0.3 is 0 Å². The number of nitro groups is 1. The van der Waals surface area contributed by atoms with Crippen LogP contribution in [-0.4, -0.2) is 12.0 Å². The highest BCUT2D eigenvalue weighted by Crippen LogP contribution is 2.53. The van der Waals surface area contributed by atoms with Crippen LogP contribution in [0.15, 0.2) is 47.0 Å². The third kappa shape index (κ3) is 2.77. The van der Waals surface area contributed by atoms with Crippen molar-refractivity contribution in [3.05, 3.63) is 73.2 Å². The van der Waals surface area contributed by atoms with Crippen molar-refractivity contribution in [1.82, 2.24) is 0 Å². The monoisotopic (exact) mass is 434 g/mol. The van der Waals surface area contributed by atoms with Crippen molar-refractivity contribution >= 4 is 38.9 Å². The fourth-order valence-electron chi connectivity index (χ4n) is 4.00. The number of ether oxygens (including phenoxy) is 1. The third-order valence-corrected chi connectivity index (χ3v) is 5.93. The first-order chi connectivity index (χ1) is 12.5. The maximum atomic E-state index is 11.2. The number of rotatable bonds is 3. The fourth-order valence-corrected chi connectivity index (χ4v) is 4.66. The summed E-state index contributed by atoms with van der Waals surface area (Å²) in [7, 11) is 1.66. The number of benzene rings is 2. The van der Waals surface area contributed by atoms with Gasteiger partial charge in [-0.25, -0.2) is 0 Å². The van der Waals surface area contributed by atoms with Gasteiger partial charge in [-0.2, -0.15) is 0 Å². The fraction of sp³-hybridized carbons (Fsp3) is 0.263. The van der Waals surface area contributed by atoms with Crippen molar-refractivity contribution in [2.24, 2.45) is 5.92 Å². The zero-order valence-electron chi connectivity index (χ0n) is 13.9. The number of anilines is 1. The van der Waals surface area contributed by atoms with E-state index in [1.807, 2.05) is 12.1 Å². The van der Waals surface area contributed by atoms with E-state index in [9.17, 15) is 10.1 Å². The molecule has 1 N–H and O–H groups in total. The molecule has 1 aliphatic heterocycles. The molecule has 7 heteroatoms. The summed E-state index contributed by atoms with van der Waals surface area (Å²) in [5, 5.41) is 15.1. The van der Waals surface area contributed by atoms with Gasteiger partial charge in [-0.3, -0.25) is 10.1 Å². The molecule has 0 amide bonds. The second-order valence-corrected chi connectivity index (χ2v) is 7.83. The number of non-ortho nitro benzene ring substituents is 1. The molecule has 0 saturated carbocycles. The van der Waals surface area contributed by atoms with E-state index < -0.39 is 4.92 Å². The Morgan fingerprint density at radius 3 is 2.85 bits per heavy atom. The minimum absolute atomic E-state index is 0.00564. The van der Waals surface area contributed by atoms with Crippen LogP contribution in [0, 0.1) is 16.0 Å². The molecule has 134 valence electrons. The normalized spacial score (nSPS) is 23.1. The Balaban J connectivity index is 1.86. The quantitative estimate of drug-likeness (QED) is 0.373. The molecule has 4 rings (SSSR count). The van der Waals surface area contributed by atoms with Gasteiger partial charge in [0.2, 0.25) is 0 Å². The van der Waals surface area contributed by atoms with Gasteiger partial charge in [-0.1, -0.05) is 39.7 Å². The van der Waals surface area contributed by atoms with Gasteiger partial charge in [0.15, 0.2) is 0 Å². The molecule has 0 saturated heterocycles. The van der Waals surface area contributed by atoms with E-state index in [1.165, 1.54) is 6.07 Å². The van der Waals surface area contributed by atoms with E-state index in [-0.39, 0.29) is 23.6 Å². The molecule has 0 radical (unpaired) electrons. The van der Waals surface area contributed by atoms with Gasteiger partial charge < -0.3 is 10.1 Å². The lowest BCUT2D eigenvalue weighted by atomic mass is 9.76. The Bertz CT molecular complexity index is 931. The van der Waals surface area contributed by atoms with Crippen molar-refractivity contribution in [2.45, 2.75) is 18.4 Å². The van der Waals surface area contributed by atoms with Crippen molar-refractivity contribution in [1.29, 1.82) is 0 Å². The van der Waals surface area contributed by atoms with Gasteiger partial charge in [0.25, 0.3) is 5.69 Å². The van der Waals surface area contributed by atoms with Crippen molar-refractivity contribution < 1.29 is 9.66 Å². The molecule has 0 fully saturated rings. The van der Waals surface area contributed by atoms with Crippen LogP contribution in [0.25, 0.3) is 0 Å². The number of nitro benzene ring substituents is 1. The Hall–Kier alpha value is -2.05. The number of halogens is 2. The number of hydrogen-bond donors (Lipinski definition) is 1. The van der Waals surface area contributed by atoms with Gasteiger partial charge in [0, 0.05) is 28.1 Å². The van der Waals surface area contributed by atoms with Crippen molar-refractivity contribution in [3.63, 3.8) is 0 Å². The van der Waals surface area contributed by atoms with Crippen LogP contribution in [0.4, 0.5) is 11.4 Å². The first-order valence-corrected chi connectivity index (χ1v) is 9.41. The topological polar surface area (TPSA) is 64.4 Å². The van der Waals surface area contributed by atoms with Crippen LogP contribution in [0.1, 0.15) is 29.5 Å². The largest absolute Gasteiger partial charge is 0.496 e. The van der Waals surface area contributed by atoms with E-state index in [2.05, 4.69) is 39.5 Å². The summed E-state index contributed by atoms with van der Waals surface area (Å²) in [6.07, 6.45) is 5.15. The Kier molecular flexibility index (Phi) is 4.40. The summed E-state index contributed by atoms with van der Waals surface area (Å²) in [5.41, 5.74) is 2.71. The van der Waals surface area contributed by atoms with Crippen LogP contribution >= 0.6 is 27.5 Å². The van der Waals surface area contributed by atoms with Crippen LogP contribution in [0.3, 0.4) is 0 Å². The van der Waals surface area contributed by atoms with E-state index in [0.717, 1.165) is 33.5 Å². The number of nitrogens with one attached hydrogen (secondary N) is 1. The predicted octanol–water partition coefficient (Wildman–Crippen LogP) is 5.85. The summed E-state index contributed by atoms with van der Waals surface area (Å²) < 4.78 is 6.54. The smallest absolute Gasteiger partial charge is 0.271 e. The minimum Gasteiger partial charge on any atom is -0.496 e. The summed E-state index contributed by atoms with van der Waals surface area (Å²) >= 11 is 9.94. The SMILES string of the molecule is COc1ccc(Br)cc1[C@@H]1Nc2c(Cl)cc([N+](=O)[O-])cc2[C@@H]2C=CC[C@@H]21. The molecule has 0 unspecified atom stereocenters. The summed E-state index contributed by atoms with van der Waals surface area (Å²) in [5.74, 6) is 1.12. The molecule has 0 aromatic heterocycles. The molecule has 26 heavy (non-hydrogen) atoms. The predicted molar refractivity (Wildman–Crippen MR) is 105 cm³/mol. The zero-order chi connectivity index (χ0) is 18.4. The van der Waals surface area contributed by atoms with E-state index in [1.54, 1.807) is 13.2 Å². The maximum Gasteiger partial charge on any atom is 0.271 e. The molecule has 5 nitrogen and oxygen atoms in total. The number of methoxy groups -OCH3 is 1. The van der Waals surface area contributed by atoms with Gasteiger partial charge in [-0.15, -0.1) is 0 Å². The first-order valence-electron chi connectivity index (χ1n) is 8.24. The van der Waals surface area contributed by atoms with Gasteiger partial charge in [0.05, 0.1) is 28.8 Å². The van der Waals surface area contributed by atoms with Gasteiger partial charge in [-0.05, 0) is 36.1 Å². The molecule has 2 aromatic rings. The zero-order valence-corrected chi connectivity index (χ0v) is 16.3. The van der Waals surface area contributed by atoms with Crippen LogP contribution in [-0.2, 0) is 0 Å². The highest BCUT2D eigenvalue weighted by Gasteiger charge is 2.40. The number of fused-ring (bicyclic) bond motifs is 3. The lowest BCUT2D eigenvalue weighted by molar-refractivity contribution is -0.384. The van der Waals surface area contributed by atoms with Crippen molar-refractivity contribution in [2.75, 3.05) is 12.4 Å². The van der Waals surface area contributed by atoms with Crippen LogP contribution in [0.5, 0.6) is 5.75 Å². The number of allylic oxidation sites excluding steroid dienone is 2. The van der Waals surface area contributed by atoms with Crippen LogP contribution < -0.4 is 10.1 Å². The molecule has 0 spiro atoms.